The average molecular weight is 488 g/mol. The zero-order valence-corrected chi connectivity index (χ0v) is 17.4. The molecule has 0 saturated carbocycles. The first kappa shape index (κ1) is 26.7. The predicted molar refractivity (Wildman–Crippen MR) is 109 cm³/mol. The van der Waals surface area contributed by atoms with Gasteiger partial charge in [0.05, 0.1) is 17.0 Å². The fourth-order valence-corrected chi connectivity index (χ4v) is 3.33. The molecule has 0 radical (unpaired) electrons. The van der Waals surface area contributed by atoms with Crippen molar-refractivity contribution in [3.63, 3.8) is 0 Å². The summed E-state index contributed by atoms with van der Waals surface area (Å²) in [6.07, 6.45) is -4.85. The van der Waals surface area contributed by atoms with E-state index in [1.807, 2.05) is 4.90 Å². The fraction of sp³-hybridized carbons (Fsp3) is 0.333. The molecule has 0 spiro atoms. The number of piperazine rings is 1. The molecular formula is C18H19Cl2F4N3O4. The van der Waals surface area contributed by atoms with Crippen LogP contribution in [0.1, 0.15) is 17.2 Å². The Labute approximate surface area is 187 Å². The van der Waals surface area contributed by atoms with Crippen molar-refractivity contribution in [2.75, 3.05) is 26.2 Å². The van der Waals surface area contributed by atoms with E-state index in [1.165, 1.54) is 12.1 Å². The Balaban J connectivity index is 0.00000240. The topological polar surface area (TPSA) is 87.9 Å². The lowest BCUT2D eigenvalue weighted by molar-refractivity contribution is -0.386. The summed E-state index contributed by atoms with van der Waals surface area (Å²) in [5.41, 5.74) is -0.392. The second-order valence-corrected chi connectivity index (χ2v) is 6.43. The van der Waals surface area contributed by atoms with Gasteiger partial charge in [0.25, 0.3) is 0 Å². The Kier molecular flexibility index (Phi) is 9.30. The fourth-order valence-electron chi connectivity index (χ4n) is 3.33. The third-order valence-electron chi connectivity index (χ3n) is 4.52. The molecule has 2 N–H and O–H groups in total. The summed E-state index contributed by atoms with van der Waals surface area (Å²) < 4.78 is 55.1. The maximum Gasteiger partial charge on any atom is 0.573 e. The molecule has 31 heavy (non-hydrogen) atoms. The van der Waals surface area contributed by atoms with E-state index in [-0.39, 0.29) is 30.4 Å². The summed E-state index contributed by atoms with van der Waals surface area (Å²) in [7, 11) is 0. The van der Waals surface area contributed by atoms with Crippen molar-refractivity contribution in [3.8, 4) is 11.5 Å². The van der Waals surface area contributed by atoms with Crippen molar-refractivity contribution >= 4 is 30.5 Å². The summed E-state index contributed by atoms with van der Waals surface area (Å²) in [4.78, 5) is 12.1. The molecule has 1 saturated heterocycles. The van der Waals surface area contributed by atoms with Crippen LogP contribution in [0, 0.1) is 15.9 Å². The highest BCUT2D eigenvalue weighted by atomic mass is 35.5. The van der Waals surface area contributed by atoms with E-state index in [9.17, 15) is 32.8 Å². The highest BCUT2D eigenvalue weighted by Gasteiger charge is 2.33. The lowest BCUT2D eigenvalue weighted by Gasteiger charge is -2.35. The van der Waals surface area contributed by atoms with Crippen LogP contribution in [-0.2, 0) is 0 Å². The van der Waals surface area contributed by atoms with E-state index in [0.29, 0.717) is 37.8 Å². The summed E-state index contributed by atoms with van der Waals surface area (Å²) in [6, 6.07) is 5.72. The lowest BCUT2D eigenvalue weighted by Crippen LogP contribution is -2.45. The molecule has 172 valence electrons. The molecule has 13 heteroatoms. The van der Waals surface area contributed by atoms with Crippen LogP contribution in [0.4, 0.5) is 23.2 Å². The third-order valence-corrected chi connectivity index (χ3v) is 4.52. The quantitative estimate of drug-likeness (QED) is 0.373. The number of nitro groups is 1. The molecule has 1 heterocycles. The van der Waals surface area contributed by atoms with Crippen LogP contribution in [0.15, 0.2) is 36.4 Å². The first-order chi connectivity index (χ1) is 13.7. The Bertz CT molecular complexity index is 895. The molecule has 0 aromatic heterocycles. The van der Waals surface area contributed by atoms with Crippen LogP contribution in [0.25, 0.3) is 0 Å². The van der Waals surface area contributed by atoms with Gasteiger partial charge in [-0.1, -0.05) is 12.1 Å². The average Bonchev–Trinajstić information content (AvgIpc) is 2.65. The van der Waals surface area contributed by atoms with Gasteiger partial charge in [0.15, 0.2) is 5.75 Å². The molecule has 1 fully saturated rings. The first-order valence-electron chi connectivity index (χ1n) is 8.63. The number of hydrogen-bond donors (Lipinski definition) is 2. The zero-order chi connectivity index (χ0) is 21.2. The van der Waals surface area contributed by atoms with Crippen molar-refractivity contribution in [1.29, 1.82) is 0 Å². The van der Waals surface area contributed by atoms with E-state index >= 15 is 0 Å². The van der Waals surface area contributed by atoms with Gasteiger partial charge in [-0.05, 0) is 23.8 Å². The van der Waals surface area contributed by atoms with E-state index < -0.39 is 40.3 Å². The Hall–Kier alpha value is -2.34. The zero-order valence-electron chi connectivity index (χ0n) is 15.8. The van der Waals surface area contributed by atoms with Gasteiger partial charge in [-0.25, -0.2) is 4.39 Å². The van der Waals surface area contributed by atoms with Crippen LogP contribution in [0.3, 0.4) is 0 Å². The number of phenolic OH excluding ortho intramolecular Hbond substituents is 1. The van der Waals surface area contributed by atoms with Crippen LogP contribution in [0.5, 0.6) is 11.5 Å². The number of halogens is 6. The molecular weight excluding hydrogens is 469 g/mol. The van der Waals surface area contributed by atoms with Crippen molar-refractivity contribution in [2.24, 2.45) is 0 Å². The van der Waals surface area contributed by atoms with Gasteiger partial charge >= 0.3 is 12.0 Å². The normalized spacial score (nSPS) is 15.4. The van der Waals surface area contributed by atoms with Gasteiger partial charge in [0.1, 0.15) is 11.6 Å². The van der Waals surface area contributed by atoms with Crippen molar-refractivity contribution < 1.29 is 32.3 Å². The second-order valence-electron chi connectivity index (χ2n) is 6.43. The highest BCUT2D eigenvalue weighted by Crippen LogP contribution is 2.40. The number of benzene rings is 2. The first-order valence-corrected chi connectivity index (χ1v) is 8.63. The number of alkyl halides is 3. The third kappa shape index (κ3) is 6.57. The number of nitrogens with one attached hydrogen (secondary N) is 1. The highest BCUT2D eigenvalue weighted by molar-refractivity contribution is 5.85. The Morgan fingerprint density at radius 2 is 1.71 bits per heavy atom. The standard InChI is InChI=1S/C18H17F4N3O4.2ClH/c19-12-9-14(17(26)15(10-12)25(27)28)16(24-7-5-23-6-8-24)11-1-3-13(4-2-11)29-18(20,21)22;;/h1-4,9-10,16,23,26H,5-8H2;2*1H/t16-;;/m0../s1. The predicted octanol–water partition coefficient (Wildman–Crippen LogP) is 4.18. The van der Waals surface area contributed by atoms with Crippen LogP contribution in [0.2, 0.25) is 0 Å². The Morgan fingerprint density at radius 1 is 1.13 bits per heavy atom. The molecule has 2 aromatic rings. The van der Waals surface area contributed by atoms with Gasteiger partial charge < -0.3 is 15.2 Å². The molecule has 1 aliphatic heterocycles. The molecule has 1 atom stereocenters. The number of aromatic hydroxyl groups is 1. The number of ether oxygens (including phenoxy) is 1. The monoisotopic (exact) mass is 487 g/mol. The minimum Gasteiger partial charge on any atom is -0.502 e. The number of nitrogens with zero attached hydrogens (tertiary/aromatic N) is 2. The van der Waals surface area contributed by atoms with E-state index in [1.54, 1.807) is 0 Å². The number of rotatable bonds is 5. The molecule has 0 bridgehead atoms. The molecule has 1 aliphatic rings. The van der Waals surface area contributed by atoms with Crippen LogP contribution in [-0.4, -0.2) is 47.5 Å². The molecule has 2 aromatic carbocycles. The largest absolute Gasteiger partial charge is 0.573 e. The van der Waals surface area contributed by atoms with Crippen molar-refractivity contribution in [1.82, 2.24) is 10.2 Å². The van der Waals surface area contributed by atoms with Crippen molar-refractivity contribution in [2.45, 2.75) is 12.4 Å². The van der Waals surface area contributed by atoms with Gasteiger partial charge in [-0.15, -0.1) is 38.0 Å². The maximum absolute atomic E-state index is 14.1. The van der Waals surface area contributed by atoms with Crippen molar-refractivity contribution in [3.05, 3.63) is 63.5 Å². The molecule has 7 nitrogen and oxygen atoms in total. The van der Waals surface area contributed by atoms with Gasteiger partial charge in [-0.3, -0.25) is 15.0 Å². The van der Waals surface area contributed by atoms with Gasteiger partial charge in [-0.2, -0.15) is 0 Å². The van der Waals surface area contributed by atoms with Crippen LogP contribution < -0.4 is 10.1 Å². The molecule has 3 rings (SSSR count). The molecule has 0 unspecified atom stereocenters. The van der Waals surface area contributed by atoms with E-state index in [4.69, 9.17) is 0 Å². The minimum absolute atomic E-state index is 0. The molecule has 0 amide bonds. The van der Waals surface area contributed by atoms with E-state index in [2.05, 4.69) is 10.1 Å². The summed E-state index contributed by atoms with van der Waals surface area (Å²) in [6.45, 7) is 2.14. The lowest BCUT2D eigenvalue weighted by atomic mass is 9.94. The summed E-state index contributed by atoms with van der Waals surface area (Å²) in [5.74, 6) is -2.02. The maximum atomic E-state index is 14.1. The summed E-state index contributed by atoms with van der Waals surface area (Å²) >= 11 is 0. The Morgan fingerprint density at radius 3 is 2.23 bits per heavy atom. The van der Waals surface area contributed by atoms with Gasteiger partial charge in [0, 0.05) is 31.7 Å². The SMILES string of the molecule is Cl.Cl.O=[N+]([O-])c1cc(F)cc([C@H](c2ccc(OC(F)(F)F)cc2)N2CCNCC2)c1O. The smallest absolute Gasteiger partial charge is 0.502 e. The van der Waals surface area contributed by atoms with Crippen LogP contribution >= 0.6 is 24.8 Å². The number of phenols is 1. The molecule has 0 aliphatic carbocycles. The minimum atomic E-state index is -4.85. The van der Waals surface area contributed by atoms with Gasteiger partial charge in [0.2, 0.25) is 0 Å². The summed E-state index contributed by atoms with van der Waals surface area (Å²) in [5, 5.41) is 24.7. The second kappa shape index (κ2) is 10.8. The number of nitro benzene ring substituents is 1. The number of hydrogen-bond acceptors (Lipinski definition) is 6. The van der Waals surface area contributed by atoms with E-state index in [0.717, 1.165) is 18.2 Å².